The summed E-state index contributed by atoms with van der Waals surface area (Å²) in [7, 11) is 0. The van der Waals surface area contributed by atoms with Crippen molar-refractivity contribution in [3.63, 3.8) is 0 Å². The van der Waals surface area contributed by atoms with E-state index in [9.17, 15) is 0 Å². The van der Waals surface area contributed by atoms with Crippen molar-refractivity contribution >= 4 is 37.8 Å². The fourth-order valence-electron chi connectivity index (χ4n) is 3.75. The number of unbranched alkanes of at least 4 members (excludes halogenated alkanes) is 3. The van der Waals surface area contributed by atoms with E-state index in [1.54, 1.807) is 17.8 Å². The Morgan fingerprint density at radius 2 is 1.26 bits per heavy atom. The van der Waals surface area contributed by atoms with Gasteiger partial charge in [-0.3, -0.25) is 0 Å². The number of hydrogen-bond acceptors (Lipinski definition) is 0. The molecule has 23 heavy (non-hydrogen) atoms. The van der Waals surface area contributed by atoms with Crippen molar-refractivity contribution in [2.45, 2.75) is 88.8 Å². The summed E-state index contributed by atoms with van der Waals surface area (Å²) in [5, 5.41) is 0. The van der Waals surface area contributed by atoms with Crippen LogP contribution in [0.25, 0.3) is 0 Å². The van der Waals surface area contributed by atoms with Crippen LogP contribution in [0.15, 0.2) is 30.3 Å². The van der Waals surface area contributed by atoms with E-state index in [-0.39, 0.29) is 0 Å². The molecule has 0 aromatic heterocycles. The monoisotopic (exact) mass is 490 g/mol. The molecule has 2 heteroatoms. The molecule has 0 saturated heterocycles. The second kappa shape index (κ2) is 12.8. The van der Waals surface area contributed by atoms with E-state index < -0.39 is 18.4 Å². The van der Waals surface area contributed by atoms with Crippen LogP contribution in [-0.4, -0.2) is 33.3 Å². The topological polar surface area (TPSA) is 0 Å². The first-order chi connectivity index (χ1) is 11.2. The molecule has 1 aromatic carbocycles. The maximum atomic E-state index is 2.49. The molecule has 0 amide bonds. The van der Waals surface area contributed by atoms with Crippen molar-refractivity contribution in [1.29, 1.82) is 0 Å². The van der Waals surface area contributed by atoms with E-state index in [1.807, 2.05) is 0 Å². The molecule has 0 heterocycles. The van der Waals surface area contributed by atoms with Crippen LogP contribution >= 0.6 is 0 Å². The molecular formula is C21H38SeSn. The quantitative estimate of drug-likeness (QED) is 0.275. The summed E-state index contributed by atoms with van der Waals surface area (Å²) in [5.41, 5.74) is 0. The molecule has 0 bridgehead atoms. The van der Waals surface area contributed by atoms with Crippen molar-refractivity contribution < 1.29 is 0 Å². The van der Waals surface area contributed by atoms with Gasteiger partial charge >= 0.3 is 157 Å². The van der Waals surface area contributed by atoms with Crippen molar-refractivity contribution in [2.24, 2.45) is 0 Å². The molecular weight excluding hydrogens is 450 g/mol. The van der Waals surface area contributed by atoms with Crippen molar-refractivity contribution in [3.8, 4) is 0 Å². The average molecular weight is 488 g/mol. The van der Waals surface area contributed by atoms with E-state index >= 15 is 0 Å². The van der Waals surface area contributed by atoms with Gasteiger partial charge in [-0.25, -0.2) is 0 Å². The second-order valence-electron chi connectivity index (χ2n) is 7.00. The molecule has 0 spiro atoms. The Labute approximate surface area is 156 Å². The number of hydrogen-bond donors (Lipinski definition) is 0. The van der Waals surface area contributed by atoms with Crippen LogP contribution < -0.4 is 4.46 Å². The van der Waals surface area contributed by atoms with Crippen LogP contribution in [0.1, 0.15) is 72.6 Å². The Balaban J connectivity index is 2.97. The Morgan fingerprint density at radius 1 is 0.783 bits per heavy atom. The predicted octanol–water partition coefficient (Wildman–Crippen LogP) is 6.60. The Kier molecular flexibility index (Phi) is 12.0. The van der Waals surface area contributed by atoms with Gasteiger partial charge in [0.15, 0.2) is 0 Å². The zero-order chi connectivity index (χ0) is 17.0. The van der Waals surface area contributed by atoms with Gasteiger partial charge in [0.1, 0.15) is 0 Å². The number of rotatable bonds is 13. The molecule has 0 aliphatic carbocycles. The van der Waals surface area contributed by atoms with Gasteiger partial charge in [0, 0.05) is 0 Å². The third-order valence-electron chi connectivity index (χ3n) is 5.16. The fourth-order valence-corrected chi connectivity index (χ4v) is 33.1. The Morgan fingerprint density at radius 3 is 1.65 bits per heavy atom. The van der Waals surface area contributed by atoms with Gasteiger partial charge in [-0.05, 0) is 0 Å². The first kappa shape index (κ1) is 21.6. The molecule has 0 aliphatic heterocycles. The maximum absolute atomic E-state index is 2.49. The van der Waals surface area contributed by atoms with Gasteiger partial charge in [-0.2, -0.15) is 0 Å². The molecule has 1 rings (SSSR count). The second-order valence-corrected chi connectivity index (χ2v) is 26.4. The van der Waals surface area contributed by atoms with E-state index in [2.05, 4.69) is 58.0 Å². The predicted molar refractivity (Wildman–Crippen MR) is 111 cm³/mol. The minimum absolute atomic E-state index is 0.710. The molecule has 0 radical (unpaired) electrons. The third-order valence-corrected chi connectivity index (χ3v) is 33.0. The standard InChI is InChI=1S/C9H11Se.3C4H9.Sn/c1-2-8-10-9-6-4-3-5-7-9;3*1-3-4-2;/h3-8H,2H2,1H3;3*1,3-4H2,2H3;. The van der Waals surface area contributed by atoms with Gasteiger partial charge < -0.3 is 0 Å². The zero-order valence-electron chi connectivity index (χ0n) is 15.9. The van der Waals surface area contributed by atoms with E-state index in [1.165, 1.54) is 44.9 Å². The summed E-state index contributed by atoms with van der Waals surface area (Å²) < 4.78 is 7.76. The Hall–Kier alpha value is 0.538. The van der Waals surface area contributed by atoms with E-state index in [4.69, 9.17) is 0 Å². The number of benzene rings is 1. The Bertz CT molecular complexity index is 368. The molecule has 1 aromatic rings. The molecule has 0 fully saturated rings. The van der Waals surface area contributed by atoms with Crippen LogP contribution in [-0.2, 0) is 0 Å². The molecule has 132 valence electrons. The molecule has 0 N–H and O–H groups in total. The van der Waals surface area contributed by atoms with E-state index in [0.717, 1.165) is 2.83 Å². The normalized spacial score (nSPS) is 13.2. The minimum atomic E-state index is -2.04. The van der Waals surface area contributed by atoms with Crippen LogP contribution in [0.2, 0.25) is 16.1 Å². The summed E-state index contributed by atoms with van der Waals surface area (Å²) in [4.78, 5) is 0. The van der Waals surface area contributed by atoms with Crippen LogP contribution in [0.3, 0.4) is 0 Å². The van der Waals surface area contributed by atoms with Gasteiger partial charge in [-0.15, -0.1) is 0 Å². The molecule has 0 nitrogen and oxygen atoms in total. The summed E-state index contributed by atoms with van der Waals surface area (Å²) in [6.07, 6.45) is 10.1. The zero-order valence-corrected chi connectivity index (χ0v) is 20.5. The van der Waals surface area contributed by atoms with Crippen LogP contribution in [0, 0.1) is 0 Å². The van der Waals surface area contributed by atoms with Crippen molar-refractivity contribution in [1.82, 2.24) is 0 Å². The van der Waals surface area contributed by atoms with Gasteiger partial charge in [0.25, 0.3) is 0 Å². The van der Waals surface area contributed by atoms with Gasteiger partial charge in [0.05, 0.1) is 0 Å². The van der Waals surface area contributed by atoms with Gasteiger partial charge in [0.2, 0.25) is 0 Å². The summed E-state index contributed by atoms with van der Waals surface area (Å²) >= 11 is -1.33. The summed E-state index contributed by atoms with van der Waals surface area (Å²) in [5.74, 6) is 0. The van der Waals surface area contributed by atoms with E-state index in [0.29, 0.717) is 15.0 Å². The molecule has 0 aliphatic rings. The van der Waals surface area contributed by atoms with Crippen LogP contribution in [0.4, 0.5) is 0 Å². The molecule has 0 saturated carbocycles. The summed E-state index contributed by atoms with van der Waals surface area (Å²) in [6.45, 7) is 9.66. The fraction of sp³-hybridized carbons (Fsp3) is 0.714. The molecule has 1 atom stereocenters. The SMILES string of the molecule is CCC[CH2][Sn]([CH2]CCC)([CH2]CCC)[CH](CC)[Se]c1ccccc1. The molecule has 1 unspecified atom stereocenters. The summed E-state index contributed by atoms with van der Waals surface area (Å²) in [6, 6.07) is 11.4. The first-order valence-electron chi connectivity index (χ1n) is 9.94. The van der Waals surface area contributed by atoms with Gasteiger partial charge in [-0.1, -0.05) is 0 Å². The van der Waals surface area contributed by atoms with Crippen LogP contribution in [0.5, 0.6) is 0 Å². The third kappa shape index (κ3) is 7.53. The van der Waals surface area contributed by atoms with Crippen molar-refractivity contribution in [2.75, 3.05) is 0 Å². The van der Waals surface area contributed by atoms with Crippen molar-refractivity contribution in [3.05, 3.63) is 30.3 Å². The average Bonchev–Trinajstić information content (AvgIpc) is 2.60. The first-order valence-corrected chi connectivity index (χ1v) is 19.5.